The summed E-state index contributed by atoms with van der Waals surface area (Å²) in [6, 6.07) is 62.8. The second-order valence-electron chi connectivity index (χ2n) is 17.7. The highest BCUT2D eigenvalue weighted by Gasteiger charge is 2.41. The van der Waals surface area contributed by atoms with Crippen LogP contribution >= 0.6 is 0 Å². The maximum Gasteiger partial charge on any atom is 0.164 e. The molecule has 304 valence electrons. The molecule has 0 saturated carbocycles. The standard InChI is InChI=1S/C60H38N4O/c1-60-29-15-14-26-51(60)49(32-39-19-5-11-25-50(39)60)59-62-57(61-58(63-59)48-31-38-18-4-6-20-41(38)42-21-7-8-22-43(42)48)40-33-47-45-24-10-13-28-55(45)65-56(47)54(35-40)64-52-27-12-9-23-44(52)46-30-36-16-2-3-17-37(36)34-53(46)64/h2-35,51H,1H3. The third-order valence-corrected chi connectivity index (χ3v) is 14.1. The van der Waals surface area contributed by atoms with Gasteiger partial charge in [-0.3, -0.25) is 0 Å². The first-order chi connectivity index (χ1) is 32.1. The van der Waals surface area contributed by atoms with Crippen molar-refractivity contribution in [2.24, 2.45) is 5.92 Å². The molecule has 2 unspecified atom stereocenters. The number of hydrogen-bond acceptors (Lipinski definition) is 4. The molecule has 2 aliphatic rings. The lowest BCUT2D eigenvalue weighted by Crippen LogP contribution is -2.34. The van der Waals surface area contributed by atoms with E-state index in [1.807, 2.05) is 6.07 Å². The number of para-hydroxylation sites is 2. The van der Waals surface area contributed by atoms with Crippen molar-refractivity contribution in [1.29, 1.82) is 0 Å². The lowest BCUT2D eigenvalue weighted by Gasteiger charge is -2.41. The SMILES string of the molecule is CC12C=CC=CC1C(c1nc(-c3cc(-n4c5ccccc5c5cc6ccccc6cc54)c4oc5ccccc5c4c3)nc(-c3cc4ccccc4c4ccccc34)n1)=Cc1ccccc12. The molecule has 14 rings (SSSR count). The first kappa shape index (κ1) is 36.1. The lowest BCUT2D eigenvalue weighted by molar-refractivity contribution is 0.503. The van der Waals surface area contributed by atoms with Gasteiger partial charge in [-0.1, -0.05) is 165 Å². The summed E-state index contributed by atoms with van der Waals surface area (Å²) in [5, 5.41) is 11.4. The van der Waals surface area contributed by atoms with Gasteiger partial charge in [0.2, 0.25) is 0 Å². The van der Waals surface area contributed by atoms with E-state index in [2.05, 4.69) is 212 Å². The maximum absolute atomic E-state index is 6.89. The molecule has 5 heteroatoms. The minimum atomic E-state index is -0.291. The summed E-state index contributed by atoms with van der Waals surface area (Å²) in [7, 11) is 0. The first-order valence-electron chi connectivity index (χ1n) is 22.3. The highest BCUT2D eigenvalue weighted by Crippen LogP contribution is 2.50. The predicted octanol–water partition coefficient (Wildman–Crippen LogP) is 15.2. The molecular formula is C60H38N4O. The molecule has 3 aromatic heterocycles. The second kappa shape index (κ2) is 13.5. The van der Waals surface area contributed by atoms with Crippen molar-refractivity contribution < 1.29 is 4.42 Å². The smallest absolute Gasteiger partial charge is 0.164 e. The van der Waals surface area contributed by atoms with E-state index in [1.54, 1.807) is 0 Å². The molecule has 0 bridgehead atoms. The number of fused-ring (bicyclic) bond motifs is 13. The molecule has 0 saturated heterocycles. The van der Waals surface area contributed by atoms with Gasteiger partial charge in [0.1, 0.15) is 5.58 Å². The van der Waals surface area contributed by atoms with E-state index in [0.29, 0.717) is 17.5 Å². The lowest BCUT2D eigenvalue weighted by atomic mass is 9.62. The van der Waals surface area contributed by atoms with E-state index in [1.165, 1.54) is 38.1 Å². The van der Waals surface area contributed by atoms with Crippen molar-refractivity contribution in [2.75, 3.05) is 0 Å². The van der Waals surface area contributed by atoms with Crippen LogP contribution < -0.4 is 0 Å². The van der Waals surface area contributed by atoms with Crippen LogP contribution in [0.2, 0.25) is 0 Å². The Kier molecular flexibility index (Phi) is 7.53. The van der Waals surface area contributed by atoms with Gasteiger partial charge in [-0.25, -0.2) is 15.0 Å². The number of benzene rings is 9. The molecule has 12 aromatic rings. The zero-order chi connectivity index (χ0) is 42.8. The fourth-order valence-corrected chi connectivity index (χ4v) is 11.0. The maximum atomic E-state index is 6.89. The van der Waals surface area contributed by atoms with Crippen molar-refractivity contribution in [1.82, 2.24) is 19.5 Å². The van der Waals surface area contributed by atoms with Crippen LogP contribution in [0.25, 0.3) is 116 Å². The second-order valence-corrected chi connectivity index (χ2v) is 17.7. The summed E-state index contributed by atoms with van der Waals surface area (Å²) >= 11 is 0. The van der Waals surface area contributed by atoms with E-state index in [4.69, 9.17) is 19.4 Å². The zero-order valence-corrected chi connectivity index (χ0v) is 35.4. The van der Waals surface area contributed by atoms with Gasteiger partial charge >= 0.3 is 0 Å². The van der Waals surface area contributed by atoms with Gasteiger partial charge in [0.25, 0.3) is 0 Å². The Bertz CT molecular complexity index is 4110. The van der Waals surface area contributed by atoms with Crippen molar-refractivity contribution in [2.45, 2.75) is 12.3 Å². The van der Waals surface area contributed by atoms with Crippen molar-refractivity contribution in [3.63, 3.8) is 0 Å². The van der Waals surface area contributed by atoms with Gasteiger partial charge in [0.15, 0.2) is 23.1 Å². The fraction of sp³-hybridized carbons (Fsp3) is 0.0500. The van der Waals surface area contributed by atoms with Gasteiger partial charge in [-0.05, 0) is 92.0 Å². The van der Waals surface area contributed by atoms with E-state index >= 15 is 0 Å². The molecule has 0 aliphatic heterocycles. The molecule has 2 aliphatic carbocycles. The summed E-state index contributed by atoms with van der Waals surface area (Å²) in [6.45, 7) is 2.34. The number of nitrogens with zero attached hydrogens (tertiary/aromatic N) is 4. The molecule has 0 radical (unpaired) electrons. The van der Waals surface area contributed by atoms with Crippen LogP contribution in [0, 0.1) is 5.92 Å². The summed E-state index contributed by atoms with van der Waals surface area (Å²) in [5.41, 5.74) is 9.84. The van der Waals surface area contributed by atoms with Crippen LogP contribution in [0.1, 0.15) is 23.9 Å². The van der Waals surface area contributed by atoms with Gasteiger partial charge < -0.3 is 8.98 Å². The van der Waals surface area contributed by atoms with Crippen LogP contribution in [0.4, 0.5) is 0 Å². The number of allylic oxidation sites excluding steroid dienone is 5. The van der Waals surface area contributed by atoms with Crippen LogP contribution in [0.5, 0.6) is 0 Å². The quantitative estimate of drug-likeness (QED) is 0.166. The number of hydrogen-bond donors (Lipinski definition) is 0. The van der Waals surface area contributed by atoms with Crippen LogP contribution in [-0.2, 0) is 5.41 Å². The Hall–Kier alpha value is -8.41. The summed E-state index contributed by atoms with van der Waals surface area (Å²) in [6.07, 6.45) is 11.3. The average molecular weight is 831 g/mol. The Labute approximate surface area is 374 Å². The molecule has 2 atom stereocenters. The zero-order valence-electron chi connectivity index (χ0n) is 35.4. The van der Waals surface area contributed by atoms with E-state index in [9.17, 15) is 0 Å². The van der Waals surface area contributed by atoms with Crippen LogP contribution in [0.3, 0.4) is 0 Å². The highest BCUT2D eigenvalue weighted by molar-refractivity contribution is 6.17. The van der Waals surface area contributed by atoms with Gasteiger partial charge in [-0.15, -0.1) is 0 Å². The summed E-state index contributed by atoms with van der Waals surface area (Å²) < 4.78 is 9.26. The highest BCUT2D eigenvalue weighted by atomic mass is 16.3. The minimum absolute atomic E-state index is 0.00197. The normalized spacial score (nSPS) is 16.9. The molecule has 0 fully saturated rings. The van der Waals surface area contributed by atoms with Crippen molar-refractivity contribution >= 4 is 87.7 Å². The molecule has 65 heavy (non-hydrogen) atoms. The molecular weight excluding hydrogens is 793 g/mol. The van der Waals surface area contributed by atoms with Gasteiger partial charge in [0.05, 0.1) is 16.7 Å². The number of aromatic nitrogens is 4. The molecule has 0 N–H and O–H groups in total. The van der Waals surface area contributed by atoms with Gasteiger partial charge in [0, 0.05) is 49.6 Å². The molecule has 9 aromatic carbocycles. The van der Waals surface area contributed by atoms with E-state index in [-0.39, 0.29) is 11.3 Å². The van der Waals surface area contributed by atoms with Gasteiger partial charge in [-0.2, -0.15) is 0 Å². The Morgan fingerprint density at radius 2 is 1.18 bits per heavy atom. The largest absolute Gasteiger partial charge is 0.454 e. The third kappa shape index (κ3) is 5.30. The molecule has 3 heterocycles. The fourth-order valence-electron chi connectivity index (χ4n) is 11.0. The Morgan fingerprint density at radius 1 is 0.508 bits per heavy atom. The van der Waals surface area contributed by atoms with E-state index in [0.717, 1.165) is 71.5 Å². The predicted molar refractivity (Wildman–Crippen MR) is 268 cm³/mol. The minimum Gasteiger partial charge on any atom is -0.454 e. The Balaban J connectivity index is 1.10. The molecule has 0 spiro atoms. The number of furan rings is 1. The summed E-state index contributed by atoms with van der Waals surface area (Å²) in [5.74, 6) is 1.89. The molecule has 5 nitrogen and oxygen atoms in total. The van der Waals surface area contributed by atoms with Crippen LogP contribution in [0.15, 0.2) is 205 Å². The number of rotatable bonds is 4. The van der Waals surface area contributed by atoms with Crippen molar-refractivity contribution in [3.05, 3.63) is 217 Å². The Morgan fingerprint density at radius 3 is 2.06 bits per heavy atom. The summed E-state index contributed by atoms with van der Waals surface area (Å²) in [4.78, 5) is 16.6. The topological polar surface area (TPSA) is 56.7 Å². The average Bonchev–Trinajstić information content (AvgIpc) is 3.90. The van der Waals surface area contributed by atoms with E-state index < -0.39 is 0 Å². The monoisotopic (exact) mass is 830 g/mol. The van der Waals surface area contributed by atoms with Crippen LogP contribution in [-0.4, -0.2) is 19.5 Å². The third-order valence-electron chi connectivity index (χ3n) is 14.1. The first-order valence-corrected chi connectivity index (χ1v) is 22.3. The van der Waals surface area contributed by atoms with Crippen molar-refractivity contribution in [3.8, 4) is 28.5 Å². The molecule has 0 amide bonds.